The quantitative estimate of drug-likeness (QED) is 0.806. The number of nitrogens with zero attached hydrogens (tertiary/aromatic N) is 1. The van der Waals surface area contributed by atoms with Gasteiger partial charge in [0.15, 0.2) is 0 Å². The zero-order valence-corrected chi connectivity index (χ0v) is 14.9. The molecule has 1 saturated heterocycles. The van der Waals surface area contributed by atoms with Gasteiger partial charge in [-0.1, -0.05) is 0 Å². The van der Waals surface area contributed by atoms with Crippen molar-refractivity contribution >= 4 is 12.2 Å². The van der Waals surface area contributed by atoms with Gasteiger partial charge in [-0.25, -0.2) is 9.59 Å². The first kappa shape index (κ1) is 18.6. The van der Waals surface area contributed by atoms with E-state index in [0.717, 1.165) is 0 Å². The fraction of sp³-hybridized carbons (Fsp3) is 0.875. The molecule has 1 fully saturated rings. The molecule has 1 aliphatic heterocycles. The fourth-order valence-electron chi connectivity index (χ4n) is 2.37. The first-order valence-electron chi connectivity index (χ1n) is 7.86. The smallest absolute Gasteiger partial charge is 0.410 e. The van der Waals surface area contributed by atoms with Crippen LogP contribution >= 0.6 is 0 Å². The summed E-state index contributed by atoms with van der Waals surface area (Å²) in [6.45, 7) is 13.6. The summed E-state index contributed by atoms with van der Waals surface area (Å²) in [7, 11) is 0. The zero-order valence-electron chi connectivity index (χ0n) is 14.9. The minimum Gasteiger partial charge on any atom is -0.444 e. The van der Waals surface area contributed by atoms with Gasteiger partial charge in [0.05, 0.1) is 0 Å². The Morgan fingerprint density at radius 1 is 1.05 bits per heavy atom. The molecule has 1 heterocycles. The number of amides is 2. The molecule has 1 N–H and O–H groups in total. The van der Waals surface area contributed by atoms with Crippen molar-refractivity contribution in [3.8, 4) is 0 Å². The summed E-state index contributed by atoms with van der Waals surface area (Å²) in [5.74, 6) is 0. The van der Waals surface area contributed by atoms with Crippen molar-refractivity contribution in [2.24, 2.45) is 0 Å². The lowest BCUT2D eigenvalue weighted by Gasteiger charge is -2.38. The Kier molecular flexibility index (Phi) is 5.70. The van der Waals surface area contributed by atoms with Gasteiger partial charge in [-0.05, 0) is 61.3 Å². The second-order valence-corrected chi connectivity index (χ2v) is 7.89. The molecule has 6 heteroatoms. The van der Waals surface area contributed by atoms with Crippen LogP contribution in [0.5, 0.6) is 0 Å². The molecule has 1 aliphatic rings. The lowest BCUT2D eigenvalue weighted by molar-refractivity contribution is 0.00842. The molecule has 2 atom stereocenters. The maximum atomic E-state index is 12.1. The van der Waals surface area contributed by atoms with Crippen molar-refractivity contribution in [2.75, 3.05) is 6.54 Å². The van der Waals surface area contributed by atoms with Crippen molar-refractivity contribution in [1.29, 1.82) is 0 Å². The van der Waals surface area contributed by atoms with E-state index in [-0.39, 0.29) is 18.2 Å². The number of carbonyl (C=O) groups excluding carboxylic acids is 2. The molecule has 0 aliphatic carbocycles. The fourth-order valence-corrected chi connectivity index (χ4v) is 2.37. The van der Waals surface area contributed by atoms with E-state index in [2.05, 4.69) is 5.32 Å². The Labute approximate surface area is 133 Å². The Hall–Kier alpha value is -1.46. The summed E-state index contributed by atoms with van der Waals surface area (Å²) in [4.78, 5) is 25.7. The van der Waals surface area contributed by atoms with Gasteiger partial charge in [0.2, 0.25) is 0 Å². The average molecular weight is 314 g/mol. The second kappa shape index (κ2) is 6.75. The first-order valence-corrected chi connectivity index (χ1v) is 7.86. The van der Waals surface area contributed by atoms with Crippen LogP contribution in [-0.2, 0) is 9.47 Å². The topological polar surface area (TPSA) is 67.9 Å². The van der Waals surface area contributed by atoms with Crippen molar-refractivity contribution < 1.29 is 19.1 Å². The molecule has 0 spiro atoms. The normalized spacial score (nSPS) is 23.0. The molecule has 0 aromatic carbocycles. The first-order chi connectivity index (χ1) is 9.87. The Bertz CT molecular complexity index is 409. The van der Waals surface area contributed by atoms with Crippen LogP contribution < -0.4 is 5.32 Å². The molecule has 128 valence electrons. The number of rotatable bonds is 1. The molecule has 6 nitrogen and oxygen atoms in total. The van der Waals surface area contributed by atoms with E-state index in [9.17, 15) is 9.59 Å². The van der Waals surface area contributed by atoms with Crippen molar-refractivity contribution in [3.63, 3.8) is 0 Å². The van der Waals surface area contributed by atoms with Gasteiger partial charge in [-0.2, -0.15) is 0 Å². The molecule has 0 aromatic rings. The molecule has 0 radical (unpaired) electrons. The highest BCUT2D eigenvalue weighted by atomic mass is 16.6. The van der Waals surface area contributed by atoms with Crippen LogP contribution in [0.2, 0.25) is 0 Å². The van der Waals surface area contributed by atoms with E-state index < -0.39 is 17.3 Å². The highest BCUT2D eigenvalue weighted by molar-refractivity contribution is 5.69. The minimum atomic E-state index is -0.507. The number of hydrogen-bond acceptors (Lipinski definition) is 4. The lowest BCUT2D eigenvalue weighted by Crippen LogP contribution is -2.52. The molecule has 2 amide bonds. The summed E-state index contributed by atoms with van der Waals surface area (Å²) in [6, 6.07) is 0.0343. The van der Waals surface area contributed by atoms with E-state index in [1.165, 1.54) is 0 Å². The number of piperidine rings is 1. The van der Waals surface area contributed by atoms with Crippen LogP contribution in [0.3, 0.4) is 0 Å². The Balaban J connectivity index is 2.49. The van der Waals surface area contributed by atoms with Crippen molar-refractivity contribution in [1.82, 2.24) is 10.2 Å². The molecule has 0 saturated carbocycles. The summed E-state index contributed by atoms with van der Waals surface area (Å²) in [5, 5.41) is 2.87. The summed E-state index contributed by atoms with van der Waals surface area (Å²) in [5.41, 5.74) is -1.00. The van der Waals surface area contributed by atoms with Crippen LogP contribution in [0, 0.1) is 0 Å². The number of ether oxygens (including phenoxy) is 2. The van der Waals surface area contributed by atoms with Crippen LogP contribution in [0.15, 0.2) is 0 Å². The standard InChI is InChI=1S/C16H30N2O4/c1-11-10-12(17-13(19)21-15(2,3)4)8-9-18(11)14(20)22-16(5,6)7/h11-12H,8-10H2,1-7H3,(H,17,19)/t11-,12-/m0/s1. The van der Waals surface area contributed by atoms with Crippen LogP contribution in [0.1, 0.15) is 61.3 Å². The maximum Gasteiger partial charge on any atom is 0.410 e. The van der Waals surface area contributed by atoms with Gasteiger partial charge in [0, 0.05) is 18.6 Å². The molecule has 0 aromatic heterocycles. The van der Waals surface area contributed by atoms with E-state index in [1.807, 2.05) is 48.5 Å². The molecule has 0 unspecified atom stereocenters. The highest BCUT2D eigenvalue weighted by Crippen LogP contribution is 2.21. The van der Waals surface area contributed by atoms with Gasteiger partial charge in [-0.15, -0.1) is 0 Å². The predicted octanol–water partition coefficient (Wildman–Crippen LogP) is 3.30. The number of hydrogen-bond donors (Lipinski definition) is 1. The van der Waals surface area contributed by atoms with Crippen molar-refractivity contribution in [2.45, 2.75) is 84.6 Å². The summed E-state index contributed by atoms with van der Waals surface area (Å²) >= 11 is 0. The van der Waals surface area contributed by atoms with E-state index in [4.69, 9.17) is 9.47 Å². The van der Waals surface area contributed by atoms with E-state index in [1.54, 1.807) is 4.90 Å². The van der Waals surface area contributed by atoms with Gasteiger partial charge < -0.3 is 19.7 Å². The lowest BCUT2D eigenvalue weighted by atomic mass is 9.99. The molecular formula is C16H30N2O4. The third-order valence-corrected chi connectivity index (χ3v) is 3.23. The number of likely N-dealkylation sites (tertiary alicyclic amines) is 1. The van der Waals surface area contributed by atoms with E-state index >= 15 is 0 Å². The van der Waals surface area contributed by atoms with Gasteiger partial charge in [-0.3, -0.25) is 0 Å². The monoisotopic (exact) mass is 314 g/mol. The van der Waals surface area contributed by atoms with Crippen molar-refractivity contribution in [3.05, 3.63) is 0 Å². The predicted molar refractivity (Wildman–Crippen MR) is 84.8 cm³/mol. The largest absolute Gasteiger partial charge is 0.444 e. The molecule has 1 rings (SSSR count). The van der Waals surface area contributed by atoms with E-state index in [0.29, 0.717) is 19.4 Å². The minimum absolute atomic E-state index is 0.0172. The third-order valence-electron chi connectivity index (χ3n) is 3.23. The van der Waals surface area contributed by atoms with Gasteiger partial charge >= 0.3 is 12.2 Å². The highest BCUT2D eigenvalue weighted by Gasteiger charge is 2.32. The van der Waals surface area contributed by atoms with Crippen LogP contribution in [0.4, 0.5) is 9.59 Å². The average Bonchev–Trinajstić information content (AvgIpc) is 2.23. The zero-order chi connectivity index (χ0) is 17.1. The van der Waals surface area contributed by atoms with Crippen LogP contribution in [0.25, 0.3) is 0 Å². The Morgan fingerprint density at radius 3 is 2.05 bits per heavy atom. The summed E-state index contributed by atoms with van der Waals surface area (Å²) < 4.78 is 10.7. The molecule has 22 heavy (non-hydrogen) atoms. The van der Waals surface area contributed by atoms with Gasteiger partial charge in [0.1, 0.15) is 11.2 Å². The number of nitrogens with one attached hydrogen (secondary N) is 1. The molecule has 0 bridgehead atoms. The maximum absolute atomic E-state index is 12.1. The number of alkyl carbamates (subject to hydrolysis) is 1. The van der Waals surface area contributed by atoms with Gasteiger partial charge in [0.25, 0.3) is 0 Å². The molecular weight excluding hydrogens is 284 g/mol. The number of carbonyl (C=O) groups is 2. The third kappa shape index (κ3) is 6.54. The summed E-state index contributed by atoms with van der Waals surface area (Å²) in [6.07, 6.45) is 0.688. The van der Waals surface area contributed by atoms with Crippen LogP contribution in [-0.4, -0.2) is 46.9 Å². The Morgan fingerprint density at radius 2 is 1.59 bits per heavy atom. The second-order valence-electron chi connectivity index (χ2n) is 7.89. The SMILES string of the molecule is C[C@H]1C[C@@H](NC(=O)OC(C)(C)C)CCN1C(=O)OC(C)(C)C.